The Morgan fingerprint density at radius 3 is 2.50 bits per heavy atom. The Morgan fingerprint density at radius 2 is 2.00 bits per heavy atom. The molecule has 0 saturated heterocycles. The average molecular weight is 236 g/mol. The van der Waals surface area contributed by atoms with E-state index in [2.05, 4.69) is 10.2 Å². The summed E-state index contributed by atoms with van der Waals surface area (Å²) in [5.74, 6) is -0.567. The fraction of sp³-hybridized carbons (Fsp3) is 0.100. The molecule has 0 bridgehead atoms. The number of nitrogens with zero attached hydrogens (tertiary/aromatic N) is 2. The second-order valence-corrected chi connectivity index (χ2v) is 3.72. The average Bonchev–Trinajstić information content (AvgIpc) is 2.77. The molecule has 0 aliphatic rings. The fourth-order valence-corrected chi connectivity index (χ4v) is 1.45. The van der Waals surface area contributed by atoms with Crippen molar-refractivity contribution < 1.29 is 14.3 Å². The van der Waals surface area contributed by atoms with Crippen LogP contribution in [-0.2, 0) is 0 Å². The molecule has 0 aliphatic carbocycles. The lowest BCUT2D eigenvalue weighted by atomic mass is 10.1. The van der Waals surface area contributed by atoms with Crippen LogP contribution >= 0.6 is 11.8 Å². The van der Waals surface area contributed by atoms with Crippen LogP contribution in [0.4, 0.5) is 0 Å². The summed E-state index contributed by atoms with van der Waals surface area (Å²) in [6.45, 7) is 0. The maximum Gasteiger partial charge on any atom is 0.335 e. The largest absolute Gasteiger partial charge is 0.478 e. The lowest BCUT2D eigenvalue weighted by Gasteiger charge is -1.95. The zero-order valence-electron chi connectivity index (χ0n) is 8.38. The monoisotopic (exact) mass is 236 g/mol. The molecule has 1 heterocycles. The molecule has 0 aliphatic heterocycles. The van der Waals surface area contributed by atoms with E-state index in [0.29, 0.717) is 16.7 Å². The number of carbonyl (C=O) groups is 1. The van der Waals surface area contributed by atoms with E-state index in [9.17, 15) is 4.79 Å². The molecule has 0 spiro atoms. The van der Waals surface area contributed by atoms with Crippen molar-refractivity contribution in [1.29, 1.82) is 0 Å². The van der Waals surface area contributed by atoms with Gasteiger partial charge in [-0.1, -0.05) is 11.8 Å². The van der Waals surface area contributed by atoms with Crippen LogP contribution in [0.3, 0.4) is 0 Å². The lowest BCUT2D eigenvalue weighted by molar-refractivity contribution is 0.0697. The molecule has 2 aromatic rings. The van der Waals surface area contributed by atoms with E-state index in [1.807, 2.05) is 6.26 Å². The summed E-state index contributed by atoms with van der Waals surface area (Å²) >= 11 is 1.36. The minimum Gasteiger partial charge on any atom is -0.478 e. The third-order valence-corrected chi connectivity index (χ3v) is 2.47. The summed E-state index contributed by atoms with van der Waals surface area (Å²) in [6.07, 6.45) is 1.84. The molecule has 2 rings (SSSR count). The van der Waals surface area contributed by atoms with Crippen LogP contribution < -0.4 is 0 Å². The summed E-state index contributed by atoms with van der Waals surface area (Å²) in [5, 5.41) is 16.9. The van der Waals surface area contributed by atoms with Gasteiger partial charge in [-0.2, -0.15) is 0 Å². The number of thioether (sulfide) groups is 1. The van der Waals surface area contributed by atoms with Gasteiger partial charge in [0.15, 0.2) is 0 Å². The first kappa shape index (κ1) is 10.7. The van der Waals surface area contributed by atoms with Crippen molar-refractivity contribution in [1.82, 2.24) is 10.2 Å². The van der Waals surface area contributed by atoms with E-state index in [4.69, 9.17) is 9.52 Å². The molecule has 82 valence electrons. The number of rotatable bonds is 3. The van der Waals surface area contributed by atoms with Crippen LogP contribution in [-0.4, -0.2) is 27.5 Å². The van der Waals surface area contributed by atoms with Crippen molar-refractivity contribution in [3.8, 4) is 11.5 Å². The maximum absolute atomic E-state index is 10.6. The van der Waals surface area contributed by atoms with E-state index < -0.39 is 5.97 Å². The standard InChI is InChI=1S/C10H8N2O3S/c1-16-10-12-11-8(15-10)6-2-4-7(5-3-6)9(13)14/h2-5H,1H3,(H,13,14). The molecule has 1 aromatic heterocycles. The Hall–Kier alpha value is -1.82. The van der Waals surface area contributed by atoms with Gasteiger partial charge in [0.05, 0.1) is 5.56 Å². The van der Waals surface area contributed by atoms with Crippen LogP contribution in [0.25, 0.3) is 11.5 Å². The molecule has 0 saturated carbocycles. The molecule has 0 atom stereocenters. The number of carboxylic acid groups (broad SMARTS) is 1. The van der Waals surface area contributed by atoms with Gasteiger partial charge in [0.1, 0.15) is 0 Å². The molecule has 1 aromatic carbocycles. The number of hydrogen-bond acceptors (Lipinski definition) is 5. The van der Waals surface area contributed by atoms with Gasteiger partial charge in [-0.05, 0) is 30.5 Å². The Balaban J connectivity index is 2.30. The molecule has 16 heavy (non-hydrogen) atoms. The van der Waals surface area contributed by atoms with Crippen LogP contribution in [0, 0.1) is 0 Å². The first-order valence-corrected chi connectivity index (χ1v) is 5.64. The van der Waals surface area contributed by atoms with E-state index in [1.165, 1.54) is 23.9 Å². The van der Waals surface area contributed by atoms with Gasteiger partial charge in [-0.25, -0.2) is 4.79 Å². The molecule has 0 fully saturated rings. The number of hydrogen-bond donors (Lipinski definition) is 1. The number of aromatic carboxylic acids is 1. The van der Waals surface area contributed by atoms with E-state index in [1.54, 1.807) is 12.1 Å². The zero-order chi connectivity index (χ0) is 11.5. The van der Waals surface area contributed by atoms with Gasteiger partial charge in [0, 0.05) is 5.56 Å². The summed E-state index contributed by atoms with van der Waals surface area (Å²) in [5.41, 5.74) is 0.936. The normalized spacial score (nSPS) is 10.3. The number of carboxylic acids is 1. The summed E-state index contributed by atoms with van der Waals surface area (Å²) in [4.78, 5) is 10.6. The molecule has 5 nitrogen and oxygen atoms in total. The number of benzene rings is 1. The molecule has 0 radical (unpaired) electrons. The van der Waals surface area contributed by atoms with Gasteiger partial charge < -0.3 is 9.52 Å². The van der Waals surface area contributed by atoms with E-state index in [0.717, 1.165) is 0 Å². The fourth-order valence-electron chi connectivity index (χ4n) is 1.16. The van der Waals surface area contributed by atoms with Crippen LogP contribution in [0.2, 0.25) is 0 Å². The summed E-state index contributed by atoms with van der Waals surface area (Å²) < 4.78 is 5.31. The van der Waals surface area contributed by atoms with E-state index in [-0.39, 0.29) is 5.56 Å². The molecular weight excluding hydrogens is 228 g/mol. The lowest BCUT2D eigenvalue weighted by Crippen LogP contribution is -1.94. The Kier molecular flexibility index (Phi) is 2.91. The smallest absolute Gasteiger partial charge is 0.335 e. The maximum atomic E-state index is 10.6. The quantitative estimate of drug-likeness (QED) is 0.823. The highest BCUT2D eigenvalue weighted by atomic mass is 32.2. The molecular formula is C10H8N2O3S. The Morgan fingerprint density at radius 1 is 1.31 bits per heavy atom. The van der Waals surface area contributed by atoms with Gasteiger partial charge in [-0.3, -0.25) is 0 Å². The first-order chi connectivity index (χ1) is 7.70. The Bertz CT molecular complexity index is 507. The minimum absolute atomic E-state index is 0.230. The van der Waals surface area contributed by atoms with Crippen molar-refractivity contribution in [2.24, 2.45) is 0 Å². The number of aromatic nitrogens is 2. The van der Waals surface area contributed by atoms with Crippen LogP contribution in [0.5, 0.6) is 0 Å². The second-order valence-electron chi connectivity index (χ2n) is 2.96. The summed E-state index contributed by atoms with van der Waals surface area (Å²) in [7, 11) is 0. The van der Waals surface area contributed by atoms with Gasteiger partial charge in [0.25, 0.3) is 5.22 Å². The summed E-state index contributed by atoms with van der Waals surface area (Å²) in [6, 6.07) is 6.28. The first-order valence-electron chi connectivity index (χ1n) is 4.42. The highest BCUT2D eigenvalue weighted by Crippen LogP contribution is 2.21. The topological polar surface area (TPSA) is 76.2 Å². The second kappa shape index (κ2) is 4.36. The molecule has 6 heteroatoms. The highest BCUT2D eigenvalue weighted by Gasteiger charge is 2.08. The van der Waals surface area contributed by atoms with Crippen molar-refractivity contribution >= 4 is 17.7 Å². The predicted octanol–water partition coefficient (Wildman–Crippen LogP) is 2.16. The minimum atomic E-state index is -0.957. The molecule has 1 N–H and O–H groups in total. The van der Waals surface area contributed by atoms with Crippen molar-refractivity contribution in [2.75, 3.05) is 6.26 Å². The van der Waals surface area contributed by atoms with Crippen molar-refractivity contribution in [3.05, 3.63) is 29.8 Å². The van der Waals surface area contributed by atoms with Crippen LogP contribution in [0.15, 0.2) is 33.9 Å². The molecule has 0 unspecified atom stereocenters. The van der Waals surface area contributed by atoms with Crippen LogP contribution in [0.1, 0.15) is 10.4 Å². The molecule has 0 amide bonds. The Labute approximate surface area is 95.5 Å². The van der Waals surface area contributed by atoms with Crippen molar-refractivity contribution in [2.45, 2.75) is 5.22 Å². The van der Waals surface area contributed by atoms with Crippen molar-refractivity contribution in [3.63, 3.8) is 0 Å². The van der Waals surface area contributed by atoms with E-state index >= 15 is 0 Å². The third kappa shape index (κ3) is 2.06. The van der Waals surface area contributed by atoms with Gasteiger partial charge >= 0.3 is 5.97 Å². The predicted molar refractivity (Wildman–Crippen MR) is 58.5 cm³/mol. The zero-order valence-corrected chi connectivity index (χ0v) is 9.19. The SMILES string of the molecule is CSc1nnc(-c2ccc(C(=O)O)cc2)o1. The highest BCUT2D eigenvalue weighted by molar-refractivity contribution is 7.98. The van der Waals surface area contributed by atoms with Gasteiger partial charge in [0.2, 0.25) is 5.89 Å². The third-order valence-electron chi connectivity index (χ3n) is 1.96. The van der Waals surface area contributed by atoms with Gasteiger partial charge in [-0.15, -0.1) is 10.2 Å².